The molecule has 0 aromatic heterocycles. The van der Waals surface area contributed by atoms with Gasteiger partial charge in [-0.2, -0.15) is 0 Å². The van der Waals surface area contributed by atoms with E-state index in [2.05, 4.69) is 9.05 Å². The first-order chi connectivity index (χ1) is 21.8. The molecule has 0 aromatic carbocycles. The number of aliphatic hydroxyl groups excluding tert-OH is 2. The van der Waals surface area contributed by atoms with Crippen LogP contribution in [0, 0.1) is 0 Å². The van der Waals surface area contributed by atoms with Crippen molar-refractivity contribution in [2.45, 2.75) is 114 Å². The second-order valence-electron chi connectivity index (χ2n) is 10.4. The number of aliphatic hydroxyl groups is 2. The molecule has 8 atom stereocenters. The van der Waals surface area contributed by atoms with Gasteiger partial charge >= 0.3 is 35.4 Å². The summed E-state index contributed by atoms with van der Waals surface area (Å²) in [4.78, 5) is 82.9. The van der Waals surface area contributed by atoms with Crippen LogP contribution in [0.5, 0.6) is 0 Å². The number of esters is 2. The van der Waals surface area contributed by atoms with Crippen LogP contribution in [-0.2, 0) is 60.4 Å². The molecule has 1 fully saturated rings. The minimum Gasteiger partial charge on any atom is -0.462 e. The standard InChI is InChI=1S/C24H45O20P3/c1-3-5-7-10-17(26)39-14-16(41-18(27)11-8-6-4-2)15-40-47(36,37)44-22-20(29)24(43-46(33,34)35)23(42-45(30,31)32)19(28)21(22)38-13-9-12-25/h12,16,19-24,28-29H,3-11,13-15H2,1-2H3,(H,36,37)(H2,30,31,32)(H2,33,34,35). The predicted octanol–water partition coefficient (Wildman–Crippen LogP) is 0.770. The highest BCUT2D eigenvalue weighted by Gasteiger charge is 2.57. The smallest absolute Gasteiger partial charge is 0.462 e. The average Bonchev–Trinajstić information content (AvgIpc) is 2.95. The number of aldehydes is 1. The van der Waals surface area contributed by atoms with E-state index in [-0.39, 0.29) is 19.3 Å². The van der Waals surface area contributed by atoms with Crippen LogP contribution < -0.4 is 0 Å². The van der Waals surface area contributed by atoms with Crippen LogP contribution in [0.3, 0.4) is 0 Å². The molecule has 1 aliphatic carbocycles. The van der Waals surface area contributed by atoms with Crippen LogP contribution in [0.1, 0.15) is 71.6 Å². The lowest BCUT2D eigenvalue weighted by Crippen LogP contribution is -2.65. The van der Waals surface area contributed by atoms with Gasteiger partial charge in [0, 0.05) is 19.3 Å². The van der Waals surface area contributed by atoms with E-state index in [1.807, 2.05) is 13.8 Å². The van der Waals surface area contributed by atoms with Crippen molar-refractivity contribution in [2.75, 3.05) is 19.8 Å². The normalized spacial score (nSPS) is 25.5. The molecule has 0 bridgehead atoms. The molecule has 20 nitrogen and oxygen atoms in total. The van der Waals surface area contributed by atoms with Crippen LogP contribution in [0.25, 0.3) is 0 Å². The van der Waals surface area contributed by atoms with Crippen molar-refractivity contribution in [3.63, 3.8) is 0 Å². The van der Waals surface area contributed by atoms with Crippen molar-refractivity contribution < 1.29 is 95.1 Å². The zero-order chi connectivity index (χ0) is 35.8. The van der Waals surface area contributed by atoms with Gasteiger partial charge in [0.15, 0.2) is 6.10 Å². The molecule has 47 heavy (non-hydrogen) atoms. The van der Waals surface area contributed by atoms with E-state index in [1.165, 1.54) is 0 Å². The molecule has 0 aliphatic heterocycles. The lowest BCUT2D eigenvalue weighted by atomic mass is 9.85. The highest BCUT2D eigenvalue weighted by Crippen LogP contribution is 2.51. The molecule has 0 radical (unpaired) electrons. The largest absolute Gasteiger partial charge is 0.472 e. The monoisotopic (exact) mass is 746 g/mol. The molecule has 0 spiro atoms. The Hall–Kier alpha value is -1.18. The minimum absolute atomic E-state index is 0.0210. The Kier molecular flexibility index (Phi) is 19.7. The van der Waals surface area contributed by atoms with Gasteiger partial charge in [-0.3, -0.25) is 27.7 Å². The average molecular weight is 747 g/mol. The minimum atomic E-state index is -5.60. The van der Waals surface area contributed by atoms with E-state index < -0.39 is 98.0 Å². The highest BCUT2D eigenvalue weighted by atomic mass is 31.2. The summed E-state index contributed by atoms with van der Waals surface area (Å²) in [6.45, 7) is 1.80. The lowest BCUT2D eigenvalue weighted by Gasteiger charge is -2.46. The maximum Gasteiger partial charge on any atom is 0.472 e. The molecule has 23 heteroatoms. The number of carbonyl (C=O) groups is 3. The molecule has 1 saturated carbocycles. The zero-order valence-electron chi connectivity index (χ0n) is 25.9. The SMILES string of the molecule is CCCCCC(=O)OCC(COP(=O)(O)OC1C(O)C(OP(=O)(O)O)C(OP(=O)(O)O)C(O)C1OCCC=O)OC(=O)CCCCC. The summed E-state index contributed by atoms with van der Waals surface area (Å²) in [5.41, 5.74) is 0. The topological polar surface area (TPSA) is 309 Å². The lowest BCUT2D eigenvalue weighted by molar-refractivity contribution is -0.225. The Morgan fingerprint density at radius 2 is 1.21 bits per heavy atom. The molecular weight excluding hydrogens is 701 g/mol. The van der Waals surface area contributed by atoms with Crippen LogP contribution in [0.4, 0.5) is 0 Å². The second kappa shape index (κ2) is 21.1. The number of phosphoric acid groups is 3. The summed E-state index contributed by atoms with van der Waals surface area (Å²) in [5, 5.41) is 21.7. The number of phosphoric ester groups is 3. The van der Waals surface area contributed by atoms with Crippen LogP contribution >= 0.6 is 23.5 Å². The van der Waals surface area contributed by atoms with E-state index in [1.54, 1.807) is 0 Å². The highest BCUT2D eigenvalue weighted by molar-refractivity contribution is 7.47. The van der Waals surface area contributed by atoms with Gasteiger partial charge in [-0.05, 0) is 12.8 Å². The number of hydrogen-bond donors (Lipinski definition) is 7. The van der Waals surface area contributed by atoms with E-state index in [9.17, 15) is 62.8 Å². The van der Waals surface area contributed by atoms with E-state index >= 15 is 0 Å². The summed E-state index contributed by atoms with van der Waals surface area (Å²) in [6, 6.07) is 0. The Bertz CT molecular complexity index is 1110. The van der Waals surface area contributed by atoms with Gasteiger partial charge in [0.25, 0.3) is 0 Å². The van der Waals surface area contributed by atoms with E-state index in [0.717, 1.165) is 19.3 Å². The Morgan fingerprint density at radius 1 is 0.723 bits per heavy atom. The third-order valence-electron chi connectivity index (χ3n) is 6.43. The van der Waals surface area contributed by atoms with Crippen molar-refractivity contribution in [1.82, 2.24) is 0 Å². The fourth-order valence-electron chi connectivity index (χ4n) is 4.30. The molecule has 0 amide bonds. The first-order valence-corrected chi connectivity index (χ1v) is 19.3. The van der Waals surface area contributed by atoms with Crippen LogP contribution in [0.2, 0.25) is 0 Å². The van der Waals surface area contributed by atoms with E-state index in [4.69, 9.17) is 23.3 Å². The molecule has 8 unspecified atom stereocenters. The zero-order valence-corrected chi connectivity index (χ0v) is 28.6. The number of ether oxygens (including phenoxy) is 3. The van der Waals surface area contributed by atoms with Gasteiger partial charge in [0.05, 0.1) is 13.2 Å². The second-order valence-corrected chi connectivity index (χ2v) is 14.2. The summed E-state index contributed by atoms with van der Waals surface area (Å²) < 4.78 is 70.5. The third-order valence-corrected chi connectivity index (χ3v) is 8.46. The van der Waals surface area contributed by atoms with Crippen molar-refractivity contribution in [2.24, 2.45) is 0 Å². The van der Waals surface area contributed by atoms with Gasteiger partial charge in [-0.1, -0.05) is 39.5 Å². The van der Waals surface area contributed by atoms with Gasteiger partial charge in [0.1, 0.15) is 49.5 Å². The van der Waals surface area contributed by atoms with Crippen LogP contribution in [0.15, 0.2) is 0 Å². The van der Waals surface area contributed by atoms with Gasteiger partial charge in [0.2, 0.25) is 0 Å². The third kappa shape index (κ3) is 17.9. The fourth-order valence-corrected chi connectivity index (χ4v) is 6.39. The molecule has 0 saturated heterocycles. The number of carbonyl (C=O) groups excluding carboxylic acids is 3. The molecule has 0 heterocycles. The number of hydrogen-bond acceptors (Lipinski definition) is 15. The maximum atomic E-state index is 13.0. The quantitative estimate of drug-likeness (QED) is 0.0310. The number of rotatable bonds is 24. The number of unbranched alkanes of at least 4 members (excludes halogenated alkanes) is 4. The molecule has 0 aromatic rings. The molecule has 7 N–H and O–H groups in total. The maximum absolute atomic E-state index is 13.0. The first kappa shape index (κ1) is 43.8. The predicted molar refractivity (Wildman–Crippen MR) is 156 cm³/mol. The Morgan fingerprint density at radius 3 is 1.70 bits per heavy atom. The van der Waals surface area contributed by atoms with Crippen molar-refractivity contribution in [3.05, 3.63) is 0 Å². The van der Waals surface area contributed by atoms with Gasteiger partial charge in [-0.15, -0.1) is 0 Å². The van der Waals surface area contributed by atoms with Crippen LogP contribution in [-0.4, -0.2) is 115 Å². The van der Waals surface area contributed by atoms with Gasteiger partial charge in [-0.25, -0.2) is 13.7 Å². The Labute approximate surface area is 271 Å². The van der Waals surface area contributed by atoms with Crippen molar-refractivity contribution in [1.29, 1.82) is 0 Å². The van der Waals surface area contributed by atoms with Gasteiger partial charge < -0.3 is 53.7 Å². The summed E-state index contributed by atoms with van der Waals surface area (Å²) >= 11 is 0. The molecule has 1 rings (SSSR count). The Balaban J connectivity index is 3.23. The van der Waals surface area contributed by atoms with Crippen molar-refractivity contribution >= 4 is 41.7 Å². The summed E-state index contributed by atoms with van der Waals surface area (Å²) in [6.07, 6.45) is -11.4. The van der Waals surface area contributed by atoms with Crippen molar-refractivity contribution in [3.8, 4) is 0 Å². The summed E-state index contributed by atoms with van der Waals surface area (Å²) in [5.74, 6) is -1.36. The molecule has 1 aliphatic rings. The molecule has 276 valence electrons. The molecular formula is C24H45O20P3. The fraction of sp³-hybridized carbons (Fsp3) is 0.875. The first-order valence-electron chi connectivity index (χ1n) is 14.7. The summed E-state index contributed by atoms with van der Waals surface area (Å²) in [7, 11) is -16.6. The van der Waals surface area contributed by atoms with E-state index in [0.29, 0.717) is 25.5 Å².